The Bertz CT molecular complexity index is 955. The van der Waals surface area contributed by atoms with E-state index in [1.54, 1.807) is 12.1 Å². The van der Waals surface area contributed by atoms with Crippen LogP contribution >= 0.6 is 0 Å². The number of hydrogen-bond donors (Lipinski definition) is 0. The lowest BCUT2D eigenvalue weighted by Gasteiger charge is -2.10. The van der Waals surface area contributed by atoms with E-state index in [4.69, 9.17) is 0 Å². The van der Waals surface area contributed by atoms with Gasteiger partial charge in [0.25, 0.3) is 0 Å². The third-order valence-corrected chi connectivity index (χ3v) is 6.26. The molecule has 0 aliphatic carbocycles. The van der Waals surface area contributed by atoms with Crippen LogP contribution in [-0.2, 0) is 12.8 Å². The molecule has 0 saturated heterocycles. The van der Waals surface area contributed by atoms with Gasteiger partial charge in [0.05, 0.1) is 0 Å². The lowest BCUT2D eigenvalue weighted by Crippen LogP contribution is -1.98. The Hall–Kier alpha value is -2.48. The summed E-state index contributed by atoms with van der Waals surface area (Å²) in [6.07, 6.45) is 10.9. The summed E-state index contributed by atoms with van der Waals surface area (Å²) in [6.45, 7) is 4.40. The first-order valence-corrected chi connectivity index (χ1v) is 12.3. The maximum Gasteiger partial charge on any atom is 0.166 e. The van der Waals surface area contributed by atoms with Crippen molar-refractivity contribution in [1.82, 2.24) is 0 Å². The molecule has 0 radical (unpaired) electrons. The van der Waals surface area contributed by atoms with Gasteiger partial charge >= 0.3 is 0 Å². The molecule has 0 aliphatic heterocycles. The van der Waals surface area contributed by atoms with E-state index >= 15 is 0 Å². The molecule has 32 heavy (non-hydrogen) atoms. The highest BCUT2D eigenvalue weighted by Crippen LogP contribution is 2.29. The van der Waals surface area contributed by atoms with Crippen LogP contribution in [0.3, 0.4) is 0 Å². The van der Waals surface area contributed by atoms with Crippen LogP contribution in [0, 0.1) is 11.6 Å². The standard InChI is InChI=1S/C30H36F2/c1-3-5-7-8-9-10-12-27-21-22-28(30(32)29(27)31)26-19-17-25(18-20-26)24-15-13-23(14-16-24)11-6-4-2/h13-22H,3-12H2,1-2H3. The number of rotatable bonds is 12. The number of unbranched alkanes of at least 4 members (excludes halogenated alkanes) is 6. The highest BCUT2D eigenvalue weighted by Gasteiger charge is 2.14. The van der Waals surface area contributed by atoms with Crippen molar-refractivity contribution in [3.63, 3.8) is 0 Å². The lowest BCUT2D eigenvalue weighted by molar-refractivity contribution is 0.497. The zero-order chi connectivity index (χ0) is 22.8. The van der Waals surface area contributed by atoms with Gasteiger partial charge in [0.15, 0.2) is 11.6 Å². The van der Waals surface area contributed by atoms with E-state index in [0.29, 0.717) is 23.1 Å². The molecule has 0 amide bonds. The molecule has 3 aromatic carbocycles. The van der Waals surface area contributed by atoms with Gasteiger partial charge in [-0.25, -0.2) is 8.78 Å². The molecule has 3 aromatic rings. The summed E-state index contributed by atoms with van der Waals surface area (Å²) in [5.41, 5.74) is 5.09. The topological polar surface area (TPSA) is 0 Å². The quantitative estimate of drug-likeness (QED) is 0.249. The average Bonchev–Trinajstić information content (AvgIpc) is 2.83. The van der Waals surface area contributed by atoms with Crippen molar-refractivity contribution in [3.05, 3.63) is 83.4 Å². The molecule has 0 spiro atoms. The first-order chi connectivity index (χ1) is 15.6. The number of aryl methyl sites for hydroxylation is 2. The zero-order valence-electron chi connectivity index (χ0n) is 19.6. The Morgan fingerprint density at radius 1 is 0.500 bits per heavy atom. The van der Waals surface area contributed by atoms with Crippen LogP contribution in [0.5, 0.6) is 0 Å². The minimum atomic E-state index is -0.735. The summed E-state index contributed by atoms with van der Waals surface area (Å²) < 4.78 is 29.5. The fourth-order valence-corrected chi connectivity index (χ4v) is 4.19. The Labute approximate surface area is 192 Å². The van der Waals surface area contributed by atoms with Crippen molar-refractivity contribution in [2.75, 3.05) is 0 Å². The molecule has 0 heterocycles. The number of benzene rings is 3. The fourth-order valence-electron chi connectivity index (χ4n) is 4.19. The van der Waals surface area contributed by atoms with Crippen LogP contribution in [-0.4, -0.2) is 0 Å². The minimum Gasteiger partial charge on any atom is -0.203 e. The first kappa shape index (κ1) is 24.2. The van der Waals surface area contributed by atoms with Gasteiger partial charge in [-0.15, -0.1) is 0 Å². The zero-order valence-corrected chi connectivity index (χ0v) is 19.6. The Kier molecular flexibility index (Phi) is 9.46. The van der Waals surface area contributed by atoms with E-state index in [9.17, 15) is 8.78 Å². The summed E-state index contributed by atoms with van der Waals surface area (Å²) in [5.74, 6) is -1.43. The molecule has 170 valence electrons. The predicted molar refractivity (Wildman–Crippen MR) is 133 cm³/mol. The second-order valence-electron chi connectivity index (χ2n) is 8.80. The van der Waals surface area contributed by atoms with Crippen LogP contribution in [0.15, 0.2) is 60.7 Å². The molecule has 0 bridgehead atoms. The van der Waals surface area contributed by atoms with Crippen molar-refractivity contribution in [1.29, 1.82) is 0 Å². The molecule has 0 fully saturated rings. The predicted octanol–water partition coefficient (Wildman–Crippen LogP) is 9.54. The van der Waals surface area contributed by atoms with Gasteiger partial charge in [0.2, 0.25) is 0 Å². The summed E-state index contributed by atoms with van der Waals surface area (Å²) in [6, 6.07) is 19.8. The third-order valence-electron chi connectivity index (χ3n) is 6.26. The SMILES string of the molecule is CCCCCCCCc1ccc(-c2ccc(-c3ccc(CCCC)cc3)cc2)c(F)c1F. The monoisotopic (exact) mass is 434 g/mol. The van der Waals surface area contributed by atoms with Crippen molar-refractivity contribution in [3.8, 4) is 22.3 Å². The van der Waals surface area contributed by atoms with Crippen LogP contribution in [0.25, 0.3) is 22.3 Å². The van der Waals surface area contributed by atoms with E-state index in [1.165, 1.54) is 44.1 Å². The number of hydrogen-bond acceptors (Lipinski definition) is 0. The normalized spacial score (nSPS) is 11.1. The molecule has 0 aliphatic rings. The lowest BCUT2D eigenvalue weighted by atomic mass is 9.97. The summed E-state index contributed by atoms with van der Waals surface area (Å²) in [4.78, 5) is 0. The van der Waals surface area contributed by atoms with Crippen molar-refractivity contribution in [2.24, 2.45) is 0 Å². The van der Waals surface area contributed by atoms with Crippen molar-refractivity contribution in [2.45, 2.75) is 78.1 Å². The largest absolute Gasteiger partial charge is 0.203 e. The Morgan fingerprint density at radius 2 is 1.06 bits per heavy atom. The molecule has 0 aromatic heterocycles. The second kappa shape index (κ2) is 12.5. The van der Waals surface area contributed by atoms with E-state index in [1.807, 2.05) is 24.3 Å². The average molecular weight is 435 g/mol. The maximum atomic E-state index is 14.8. The first-order valence-electron chi connectivity index (χ1n) is 12.3. The summed E-state index contributed by atoms with van der Waals surface area (Å²) in [7, 11) is 0. The van der Waals surface area contributed by atoms with Crippen LogP contribution in [0.2, 0.25) is 0 Å². The van der Waals surface area contributed by atoms with Gasteiger partial charge in [0, 0.05) is 5.56 Å². The second-order valence-corrected chi connectivity index (χ2v) is 8.80. The molecule has 2 heteroatoms. The van der Waals surface area contributed by atoms with Gasteiger partial charge in [-0.2, -0.15) is 0 Å². The molecule has 0 saturated carbocycles. The van der Waals surface area contributed by atoms with Gasteiger partial charge in [0.1, 0.15) is 0 Å². The molecular formula is C30H36F2. The maximum absolute atomic E-state index is 14.8. The molecule has 0 N–H and O–H groups in total. The molecular weight excluding hydrogens is 398 g/mol. The molecule has 0 unspecified atom stereocenters. The molecule has 0 nitrogen and oxygen atoms in total. The van der Waals surface area contributed by atoms with Crippen LogP contribution < -0.4 is 0 Å². The Morgan fingerprint density at radius 3 is 1.72 bits per heavy atom. The smallest absolute Gasteiger partial charge is 0.166 e. The highest BCUT2D eigenvalue weighted by molar-refractivity contribution is 5.71. The minimum absolute atomic E-state index is 0.329. The van der Waals surface area contributed by atoms with Crippen LogP contribution in [0.4, 0.5) is 8.78 Å². The molecule has 0 atom stereocenters. The van der Waals surface area contributed by atoms with Crippen LogP contribution in [0.1, 0.15) is 76.3 Å². The summed E-state index contributed by atoms with van der Waals surface area (Å²) >= 11 is 0. The van der Waals surface area contributed by atoms with Gasteiger partial charge < -0.3 is 0 Å². The van der Waals surface area contributed by atoms with E-state index in [0.717, 1.165) is 30.4 Å². The van der Waals surface area contributed by atoms with Crippen molar-refractivity contribution < 1.29 is 8.78 Å². The van der Waals surface area contributed by atoms with Gasteiger partial charge in [-0.05, 0) is 53.5 Å². The third kappa shape index (κ3) is 6.51. The van der Waals surface area contributed by atoms with E-state index in [2.05, 4.69) is 38.1 Å². The molecule has 3 rings (SSSR count). The fraction of sp³-hybridized carbons (Fsp3) is 0.400. The van der Waals surface area contributed by atoms with E-state index in [-0.39, 0.29) is 0 Å². The van der Waals surface area contributed by atoms with E-state index < -0.39 is 11.6 Å². The van der Waals surface area contributed by atoms with Gasteiger partial charge in [-0.1, -0.05) is 113 Å². The summed E-state index contributed by atoms with van der Waals surface area (Å²) in [5, 5.41) is 0. The van der Waals surface area contributed by atoms with Crippen molar-refractivity contribution >= 4 is 0 Å². The van der Waals surface area contributed by atoms with Gasteiger partial charge in [-0.3, -0.25) is 0 Å². The Balaban J connectivity index is 1.65. The number of halogens is 2. The highest BCUT2D eigenvalue weighted by atomic mass is 19.2.